The Morgan fingerprint density at radius 1 is 1.13 bits per heavy atom. The summed E-state index contributed by atoms with van der Waals surface area (Å²) >= 11 is 20.2. The molecule has 2 N–H and O–H groups in total. The van der Waals surface area contributed by atoms with E-state index in [0.717, 1.165) is 14.8 Å². The molecule has 0 unspecified atom stereocenters. The third-order valence-corrected chi connectivity index (χ3v) is 4.41. The zero-order chi connectivity index (χ0) is 17.0. The van der Waals surface area contributed by atoms with Crippen molar-refractivity contribution < 1.29 is 4.79 Å². The molecule has 0 aromatic heterocycles. The number of rotatable bonds is 4. The number of anilines is 1. The van der Waals surface area contributed by atoms with Crippen molar-refractivity contribution in [2.24, 2.45) is 0 Å². The minimum atomic E-state index is -1.71. The van der Waals surface area contributed by atoms with Crippen LogP contribution in [0.3, 0.4) is 0 Å². The van der Waals surface area contributed by atoms with E-state index < -0.39 is 9.96 Å². The molecular formula is C16H14Cl3IN2O. The molecule has 0 bridgehead atoms. The molecule has 2 rings (SSSR count). The van der Waals surface area contributed by atoms with Crippen LogP contribution in [0.15, 0.2) is 48.5 Å². The average molecular weight is 484 g/mol. The van der Waals surface area contributed by atoms with E-state index >= 15 is 0 Å². The molecule has 0 aliphatic rings. The number of aryl methyl sites for hydroxylation is 1. The smallest absolute Gasteiger partial charge is 0.252 e. The number of hydrogen-bond acceptors (Lipinski definition) is 2. The van der Waals surface area contributed by atoms with Crippen LogP contribution in [0.2, 0.25) is 0 Å². The normalized spacial score (nSPS) is 12.6. The Hall–Kier alpha value is -0.690. The lowest BCUT2D eigenvalue weighted by Gasteiger charge is -2.27. The fraction of sp³-hybridized carbons (Fsp3) is 0.188. The van der Waals surface area contributed by atoms with Crippen LogP contribution in [0.5, 0.6) is 0 Å². The summed E-state index contributed by atoms with van der Waals surface area (Å²) in [6.45, 7) is 1.91. The molecular weight excluding hydrogens is 469 g/mol. The number of amides is 1. The highest BCUT2D eigenvalue weighted by Crippen LogP contribution is 2.31. The lowest BCUT2D eigenvalue weighted by Crippen LogP contribution is -2.49. The summed E-state index contributed by atoms with van der Waals surface area (Å²) in [5.74, 6) is -0.317. The van der Waals surface area contributed by atoms with Gasteiger partial charge in [0.1, 0.15) is 6.17 Å². The number of halogens is 4. The third kappa shape index (κ3) is 5.71. The summed E-state index contributed by atoms with van der Waals surface area (Å²) in [6, 6.07) is 14.7. The molecule has 0 saturated heterocycles. The Bertz CT molecular complexity index is 686. The molecule has 2 aromatic rings. The maximum atomic E-state index is 12.4. The van der Waals surface area contributed by atoms with Gasteiger partial charge >= 0.3 is 0 Å². The van der Waals surface area contributed by atoms with Crippen LogP contribution in [0.4, 0.5) is 5.69 Å². The van der Waals surface area contributed by atoms with E-state index in [0.29, 0.717) is 5.56 Å². The Kier molecular flexibility index (Phi) is 6.42. The number of carbonyl (C=O) groups excluding carboxylic acids is 1. The first-order chi connectivity index (χ1) is 10.8. The van der Waals surface area contributed by atoms with E-state index in [4.69, 9.17) is 34.8 Å². The second kappa shape index (κ2) is 7.92. The maximum absolute atomic E-state index is 12.4. The molecule has 0 heterocycles. The predicted octanol–water partition coefficient (Wildman–Crippen LogP) is 5.14. The number of nitrogens with one attached hydrogen (secondary N) is 2. The van der Waals surface area contributed by atoms with Crippen molar-refractivity contribution in [3.8, 4) is 0 Å². The zero-order valence-corrected chi connectivity index (χ0v) is 16.5. The van der Waals surface area contributed by atoms with Gasteiger partial charge < -0.3 is 10.6 Å². The van der Waals surface area contributed by atoms with Gasteiger partial charge in [-0.3, -0.25) is 4.79 Å². The van der Waals surface area contributed by atoms with E-state index in [-0.39, 0.29) is 5.91 Å². The minimum absolute atomic E-state index is 0.317. The van der Waals surface area contributed by atoms with E-state index in [2.05, 4.69) is 33.2 Å². The van der Waals surface area contributed by atoms with Crippen molar-refractivity contribution in [3.63, 3.8) is 0 Å². The van der Waals surface area contributed by atoms with Gasteiger partial charge in [0.25, 0.3) is 5.91 Å². The molecule has 0 aliphatic heterocycles. The molecule has 1 atom stereocenters. The highest BCUT2D eigenvalue weighted by atomic mass is 127. The average Bonchev–Trinajstić information content (AvgIpc) is 2.47. The van der Waals surface area contributed by atoms with Gasteiger partial charge in [-0.2, -0.15) is 0 Å². The van der Waals surface area contributed by atoms with Crippen molar-refractivity contribution in [2.75, 3.05) is 5.32 Å². The van der Waals surface area contributed by atoms with Gasteiger partial charge in [0.05, 0.1) is 0 Å². The van der Waals surface area contributed by atoms with Crippen molar-refractivity contribution in [1.29, 1.82) is 0 Å². The number of alkyl halides is 3. The fourth-order valence-electron chi connectivity index (χ4n) is 1.91. The Morgan fingerprint density at radius 2 is 1.78 bits per heavy atom. The second-order valence-corrected chi connectivity index (χ2v) is 8.58. The van der Waals surface area contributed by atoms with Crippen LogP contribution in [-0.4, -0.2) is 15.9 Å². The highest BCUT2D eigenvalue weighted by molar-refractivity contribution is 14.1. The Balaban J connectivity index is 2.16. The van der Waals surface area contributed by atoms with Gasteiger partial charge in [-0.15, -0.1) is 0 Å². The largest absolute Gasteiger partial charge is 0.362 e. The van der Waals surface area contributed by atoms with Gasteiger partial charge in [-0.1, -0.05) is 52.5 Å². The molecule has 0 spiro atoms. The monoisotopic (exact) mass is 482 g/mol. The van der Waals surface area contributed by atoms with Crippen molar-refractivity contribution in [3.05, 3.63) is 63.2 Å². The highest BCUT2D eigenvalue weighted by Gasteiger charge is 2.34. The molecule has 0 radical (unpaired) electrons. The van der Waals surface area contributed by atoms with Gasteiger partial charge in [0, 0.05) is 14.8 Å². The van der Waals surface area contributed by atoms with Gasteiger partial charge in [0.15, 0.2) is 0 Å². The van der Waals surface area contributed by atoms with Crippen LogP contribution >= 0.6 is 57.4 Å². The summed E-state index contributed by atoms with van der Waals surface area (Å²) in [6.07, 6.45) is -0.874. The van der Waals surface area contributed by atoms with Crippen LogP contribution in [0, 0.1) is 10.5 Å². The molecule has 122 valence electrons. The summed E-state index contributed by atoms with van der Waals surface area (Å²) in [5.41, 5.74) is 2.23. The standard InChI is InChI=1S/C16H14Cl3IN2O/c1-10-3-2-4-11(9-10)14(23)22-15(16(17,18)19)21-13-7-5-12(20)6-8-13/h2-9,15,21H,1H3,(H,22,23)/t15-/m0/s1. The van der Waals surface area contributed by atoms with Crippen molar-refractivity contribution in [1.82, 2.24) is 5.32 Å². The first kappa shape index (κ1) is 18.6. The molecule has 0 fully saturated rings. The predicted molar refractivity (Wildman–Crippen MR) is 106 cm³/mol. The van der Waals surface area contributed by atoms with E-state index in [1.165, 1.54) is 0 Å². The SMILES string of the molecule is Cc1cccc(C(=O)N[C@H](Nc2ccc(I)cc2)C(Cl)(Cl)Cl)c1. The lowest BCUT2D eigenvalue weighted by molar-refractivity contribution is 0.0942. The molecule has 1 amide bonds. The van der Waals surface area contributed by atoms with E-state index in [1.54, 1.807) is 18.2 Å². The van der Waals surface area contributed by atoms with Gasteiger partial charge in [-0.05, 0) is 65.9 Å². The number of carbonyl (C=O) groups is 1. The van der Waals surface area contributed by atoms with Crippen LogP contribution in [0.1, 0.15) is 15.9 Å². The molecule has 7 heteroatoms. The number of benzene rings is 2. The first-order valence-corrected chi connectivity index (χ1v) is 8.93. The molecule has 23 heavy (non-hydrogen) atoms. The van der Waals surface area contributed by atoms with Crippen molar-refractivity contribution in [2.45, 2.75) is 16.9 Å². The fourth-order valence-corrected chi connectivity index (χ4v) is 2.60. The Morgan fingerprint density at radius 3 is 2.35 bits per heavy atom. The van der Waals surface area contributed by atoms with Gasteiger partial charge in [0.2, 0.25) is 3.79 Å². The van der Waals surface area contributed by atoms with E-state index in [1.807, 2.05) is 37.3 Å². The number of hydrogen-bond donors (Lipinski definition) is 2. The lowest BCUT2D eigenvalue weighted by atomic mass is 10.1. The maximum Gasteiger partial charge on any atom is 0.252 e. The topological polar surface area (TPSA) is 41.1 Å². The molecule has 2 aromatic carbocycles. The first-order valence-electron chi connectivity index (χ1n) is 6.72. The second-order valence-electron chi connectivity index (χ2n) is 4.97. The summed E-state index contributed by atoms with van der Waals surface area (Å²) in [5, 5.41) is 5.75. The quantitative estimate of drug-likeness (QED) is 0.359. The van der Waals surface area contributed by atoms with E-state index in [9.17, 15) is 4.79 Å². The molecule has 3 nitrogen and oxygen atoms in total. The summed E-state index contributed by atoms with van der Waals surface area (Å²) < 4.78 is -0.620. The third-order valence-electron chi connectivity index (χ3n) is 3.04. The van der Waals surface area contributed by atoms with Crippen LogP contribution < -0.4 is 10.6 Å². The Labute approximate surface area is 163 Å². The van der Waals surface area contributed by atoms with Crippen LogP contribution in [-0.2, 0) is 0 Å². The zero-order valence-electron chi connectivity index (χ0n) is 12.1. The summed E-state index contributed by atoms with van der Waals surface area (Å²) in [4.78, 5) is 12.4. The minimum Gasteiger partial charge on any atom is -0.362 e. The molecule has 0 saturated carbocycles. The van der Waals surface area contributed by atoms with Crippen LogP contribution in [0.25, 0.3) is 0 Å². The van der Waals surface area contributed by atoms with Gasteiger partial charge in [-0.25, -0.2) is 0 Å². The molecule has 0 aliphatic carbocycles. The van der Waals surface area contributed by atoms with Crippen molar-refractivity contribution >= 4 is 69.0 Å². The summed E-state index contributed by atoms with van der Waals surface area (Å²) in [7, 11) is 0.